The third-order valence-electron chi connectivity index (χ3n) is 7.14. The average Bonchev–Trinajstić information content (AvgIpc) is 3.37. The SMILES string of the molecule is C=C(/N=C\C=C(/C)n1cccn1)N1CCC(C)(N(Cc2cc(C)ccc2C)/C(=C/C)CC)CC1. The molecule has 0 amide bonds. The molecule has 1 aliphatic heterocycles. The van der Waals surface area contributed by atoms with Crippen molar-refractivity contribution in [1.29, 1.82) is 0 Å². The van der Waals surface area contributed by atoms with Crippen LogP contribution in [0.3, 0.4) is 0 Å². The van der Waals surface area contributed by atoms with Crippen molar-refractivity contribution in [3.05, 3.63) is 83.6 Å². The standard InChI is InChI=1S/C29H41N5/c1-8-28(9-2)33(22-27-21-23(3)11-12-24(27)4)29(7)14-19-32(20-15-29)26(6)30-17-13-25(5)34-18-10-16-31-34/h8,10-13,16-18,21H,6,9,14-15,19-20,22H2,1-5,7H3/b25-13+,28-8+,30-17-. The summed E-state index contributed by atoms with van der Waals surface area (Å²) < 4.78 is 1.83. The second kappa shape index (κ2) is 11.4. The van der Waals surface area contributed by atoms with E-state index < -0.39 is 0 Å². The summed E-state index contributed by atoms with van der Waals surface area (Å²) >= 11 is 0. The van der Waals surface area contributed by atoms with Crippen molar-refractivity contribution in [3.63, 3.8) is 0 Å². The lowest BCUT2D eigenvalue weighted by atomic mass is 9.86. The molecule has 0 atom stereocenters. The van der Waals surface area contributed by atoms with E-state index in [0.29, 0.717) is 0 Å². The van der Waals surface area contributed by atoms with Gasteiger partial charge in [0.15, 0.2) is 0 Å². The average molecular weight is 460 g/mol. The number of nitrogens with zero attached hydrogens (tertiary/aromatic N) is 5. The van der Waals surface area contributed by atoms with E-state index in [1.807, 2.05) is 36.2 Å². The molecule has 5 heteroatoms. The Hall–Kier alpha value is -3.08. The van der Waals surface area contributed by atoms with Crippen LogP contribution < -0.4 is 0 Å². The molecule has 0 saturated carbocycles. The third kappa shape index (κ3) is 6.07. The van der Waals surface area contributed by atoms with E-state index >= 15 is 0 Å². The van der Waals surface area contributed by atoms with Crippen LogP contribution in [0.25, 0.3) is 5.70 Å². The maximum atomic E-state index is 4.61. The van der Waals surface area contributed by atoms with Gasteiger partial charge in [-0.3, -0.25) is 0 Å². The van der Waals surface area contributed by atoms with Crippen LogP contribution in [0.2, 0.25) is 0 Å². The Morgan fingerprint density at radius 1 is 1.26 bits per heavy atom. The van der Waals surface area contributed by atoms with Gasteiger partial charge in [0.1, 0.15) is 5.82 Å². The highest BCUT2D eigenvalue weighted by Crippen LogP contribution is 2.35. The molecular weight excluding hydrogens is 418 g/mol. The number of rotatable bonds is 9. The zero-order chi connectivity index (χ0) is 24.7. The summed E-state index contributed by atoms with van der Waals surface area (Å²) in [6.45, 7) is 20.4. The minimum absolute atomic E-state index is 0.102. The third-order valence-corrected chi connectivity index (χ3v) is 7.14. The van der Waals surface area contributed by atoms with Crippen LogP contribution in [-0.2, 0) is 6.54 Å². The Kier molecular flexibility index (Phi) is 8.54. The Balaban J connectivity index is 1.69. The van der Waals surface area contributed by atoms with Crippen LogP contribution in [0.15, 0.2) is 71.9 Å². The summed E-state index contributed by atoms with van der Waals surface area (Å²) in [5, 5.41) is 4.25. The fraction of sp³-hybridized carbons (Fsp3) is 0.448. The molecule has 0 aliphatic carbocycles. The van der Waals surface area contributed by atoms with Crippen molar-refractivity contribution in [3.8, 4) is 0 Å². The highest BCUT2D eigenvalue weighted by Gasteiger charge is 2.36. The van der Waals surface area contributed by atoms with Crippen molar-refractivity contribution < 1.29 is 0 Å². The van der Waals surface area contributed by atoms with Crippen LogP contribution in [0.4, 0.5) is 0 Å². The van der Waals surface area contributed by atoms with Gasteiger partial charge in [-0.1, -0.05) is 43.3 Å². The number of likely N-dealkylation sites (tertiary alicyclic amines) is 1. The Morgan fingerprint density at radius 3 is 2.62 bits per heavy atom. The smallest absolute Gasteiger partial charge is 0.121 e. The molecule has 34 heavy (non-hydrogen) atoms. The van der Waals surface area contributed by atoms with Gasteiger partial charge in [-0.05, 0) is 77.2 Å². The lowest BCUT2D eigenvalue weighted by Crippen LogP contribution is -2.52. The highest BCUT2D eigenvalue weighted by molar-refractivity contribution is 5.79. The fourth-order valence-corrected chi connectivity index (χ4v) is 4.71. The number of hydrogen-bond acceptors (Lipinski definition) is 4. The Labute approximate surface area is 206 Å². The van der Waals surface area contributed by atoms with E-state index in [9.17, 15) is 0 Å². The molecule has 0 unspecified atom stereocenters. The first-order valence-electron chi connectivity index (χ1n) is 12.4. The number of aryl methyl sites for hydroxylation is 2. The van der Waals surface area contributed by atoms with Crippen molar-refractivity contribution in [2.75, 3.05) is 13.1 Å². The first-order valence-corrected chi connectivity index (χ1v) is 12.4. The van der Waals surface area contributed by atoms with Crippen LogP contribution in [0.5, 0.6) is 0 Å². The van der Waals surface area contributed by atoms with E-state index in [-0.39, 0.29) is 5.54 Å². The van der Waals surface area contributed by atoms with Gasteiger partial charge in [0, 0.05) is 55.2 Å². The number of aromatic nitrogens is 2. The molecule has 1 aromatic carbocycles. The van der Waals surface area contributed by atoms with E-state index in [4.69, 9.17) is 0 Å². The molecule has 1 aromatic heterocycles. The molecule has 182 valence electrons. The second-order valence-corrected chi connectivity index (χ2v) is 9.59. The summed E-state index contributed by atoms with van der Waals surface area (Å²) in [5.74, 6) is 0.828. The van der Waals surface area contributed by atoms with Gasteiger partial charge in [0.05, 0.1) is 0 Å². The van der Waals surface area contributed by atoms with Gasteiger partial charge in [0.25, 0.3) is 0 Å². The molecule has 2 heterocycles. The van der Waals surface area contributed by atoms with Crippen LogP contribution in [-0.4, -0.2) is 44.4 Å². The molecule has 0 bridgehead atoms. The normalized spacial score (nSPS) is 16.8. The van der Waals surface area contributed by atoms with Crippen molar-refractivity contribution >= 4 is 11.9 Å². The summed E-state index contributed by atoms with van der Waals surface area (Å²) in [6, 6.07) is 8.72. The topological polar surface area (TPSA) is 36.7 Å². The van der Waals surface area contributed by atoms with Gasteiger partial charge in [-0.2, -0.15) is 5.10 Å². The molecule has 0 spiro atoms. The highest BCUT2D eigenvalue weighted by atomic mass is 15.3. The summed E-state index contributed by atoms with van der Waals surface area (Å²) in [5.41, 5.74) is 6.66. The molecule has 2 aromatic rings. The Bertz CT molecular complexity index is 1050. The van der Waals surface area contributed by atoms with Crippen LogP contribution >= 0.6 is 0 Å². The zero-order valence-electron chi connectivity index (χ0n) is 21.9. The molecule has 0 radical (unpaired) electrons. The van der Waals surface area contributed by atoms with Gasteiger partial charge >= 0.3 is 0 Å². The lowest BCUT2D eigenvalue weighted by Gasteiger charge is -2.49. The number of allylic oxidation sites excluding steroid dienone is 4. The molecule has 1 aliphatic rings. The van der Waals surface area contributed by atoms with E-state index in [0.717, 1.165) is 50.4 Å². The molecule has 3 rings (SSSR count). The summed E-state index contributed by atoms with van der Waals surface area (Å²) in [4.78, 5) is 9.58. The number of piperidine rings is 1. The fourth-order valence-electron chi connectivity index (χ4n) is 4.71. The minimum atomic E-state index is 0.102. The largest absolute Gasteiger partial charge is 0.365 e. The van der Waals surface area contributed by atoms with Gasteiger partial charge in [-0.25, -0.2) is 9.67 Å². The molecule has 0 N–H and O–H groups in total. The molecular formula is C29H41N5. The monoisotopic (exact) mass is 459 g/mol. The lowest BCUT2D eigenvalue weighted by molar-refractivity contribution is 0.0626. The number of benzene rings is 1. The van der Waals surface area contributed by atoms with Crippen LogP contribution in [0.1, 0.15) is 63.6 Å². The maximum Gasteiger partial charge on any atom is 0.121 e. The van der Waals surface area contributed by atoms with Gasteiger partial charge in [-0.15, -0.1) is 0 Å². The maximum absolute atomic E-state index is 4.61. The van der Waals surface area contributed by atoms with Crippen LogP contribution in [0, 0.1) is 13.8 Å². The van der Waals surface area contributed by atoms with Crippen molar-refractivity contribution in [1.82, 2.24) is 19.6 Å². The van der Waals surface area contributed by atoms with Gasteiger partial charge < -0.3 is 9.80 Å². The first-order chi connectivity index (χ1) is 16.3. The molecule has 1 fully saturated rings. The summed E-state index contributed by atoms with van der Waals surface area (Å²) in [7, 11) is 0. The molecule has 5 nitrogen and oxygen atoms in total. The Morgan fingerprint density at radius 2 is 2.00 bits per heavy atom. The van der Waals surface area contributed by atoms with Crippen molar-refractivity contribution in [2.24, 2.45) is 4.99 Å². The molecule has 1 saturated heterocycles. The van der Waals surface area contributed by atoms with E-state index in [2.05, 4.69) is 85.4 Å². The van der Waals surface area contributed by atoms with Gasteiger partial charge in [0.2, 0.25) is 0 Å². The van der Waals surface area contributed by atoms with E-state index in [1.54, 1.807) is 6.20 Å². The van der Waals surface area contributed by atoms with Crippen molar-refractivity contribution in [2.45, 2.75) is 72.9 Å². The number of hydrogen-bond donors (Lipinski definition) is 0. The number of aliphatic imine (C=N–C) groups is 1. The predicted molar refractivity (Wildman–Crippen MR) is 145 cm³/mol. The quantitative estimate of drug-likeness (QED) is 0.398. The van der Waals surface area contributed by atoms with E-state index in [1.165, 1.54) is 22.4 Å². The first kappa shape index (κ1) is 25.5. The zero-order valence-corrected chi connectivity index (χ0v) is 21.9. The second-order valence-electron chi connectivity index (χ2n) is 9.59. The summed E-state index contributed by atoms with van der Waals surface area (Å²) in [6.07, 6.45) is 13.0. The predicted octanol–water partition coefficient (Wildman–Crippen LogP) is 6.57. The minimum Gasteiger partial charge on any atom is -0.365 e.